The van der Waals surface area contributed by atoms with Crippen LogP contribution in [0.3, 0.4) is 0 Å². The average Bonchev–Trinajstić information content (AvgIpc) is 2.92. The van der Waals surface area contributed by atoms with Gasteiger partial charge in [0.25, 0.3) is 0 Å². The maximum atomic E-state index is 5.91. The molecule has 0 amide bonds. The van der Waals surface area contributed by atoms with Gasteiger partial charge in [-0.2, -0.15) is 0 Å². The van der Waals surface area contributed by atoms with Gasteiger partial charge in [0.15, 0.2) is 0 Å². The Kier molecular flexibility index (Phi) is 4.28. The molecule has 1 fully saturated rings. The molecule has 2 aromatic rings. The summed E-state index contributed by atoms with van der Waals surface area (Å²) < 4.78 is 7.04. The molecule has 2 heterocycles. The molecule has 0 spiro atoms. The van der Waals surface area contributed by atoms with Crippen molar-refractivity contribution in [3.05, 3.63) is 50.9 Å². The number of hydrogen-bond donors (Lipinski definition) is 0. The van der Waals surface area contributed by atoms with E-state index in [0.29, 0.717) is 0 Å². The summed E-state index contributed by atoms with van der Waals surface area (Å²) in [7, 11) is 0. The quantitative estimate of drug-likeness (QED) is 0.856. The van der Waals surface area contributed by atoms with Gasteiger partial charge < -0.3 is 4.74 Å². The van der Waals surface area contributed by atoms with E-state index in [1.165, 1.54) is 10.4 Å². The zero-order valence-electron chi connectivity index (χ0n) is 10.5. The third-order valence-corrected chi connectivity index (χ3v) is 4.75. The molecule has 0 bridgehead atoms. The Balaban J connectivity index is 1.70. The van der Waals surface area contributed by atoms with Crippen LogP contribution in [0.4, 0.5) is 0 Å². The number of thiazole rings is 1. The normalized spacial score (nSPS) is 20.6. The van der Waals surface area contributed by atoms with Crippen molar-refractivity contribution in [2.45, 2.75) is 12.6 Å². The number of rotatable bonds is 3. The second-order valence-electron chi connectivity index (χ2n) is 4.58. The predicted octanol–water partition coefficient (Wildman–Crippen LogP) is 3.48. The molecule has 1 aromatic heterocycles. The first-order chi connectivity index (χ1) is 9.33. The van der Waals surface area contributed by atoms with E-state index in [-0.39, 0.29) is 6.10 Å². The number of ether oxygens (including phenoxy) is 1. The van der Waals surface area contributed by atoms with Crippen LogP contribution in [-0.4, -0.2) is 29.6 Å². The van der Waals surface area contributed by atoms with Gasteiger partial charge in [-0.3, -0.25) is 9.88 Å². The van der Waals surface area contributed by atoms with E-state index < -0.39 is 0 Å². The maximum Gasteiger partial charge on any atom is 0.0963 e. The fourth-order valence-electron chi connectivity index (χ4n) is 2.31. The maximum absolute atomic E-state index is 5.91. The van der Waals surface area contributed by atoms with Crippen LogP contribution in [0, 0.1) is 0 Å². The van der Waals surface area contributed by atoms with Gasteiger partial charge in [-0.15, -0.1) is 11.3 Å². The first-order valence-electron chi connectivity index (χ1n) is 6.28. The summed E-state index contributed by atoms with van der Waals surface area (Å²) in [6.45, 7) is 3.67. The van der Waals surface area contributed by atoms with Crippen LogP contribution in [0.15, 0.2) is 40.4 Å². The summed E-state index contributed by atoms with van der Waals surface area (Å²) in [4.78, 5) is 7.88. The predicted molar refractivity (Wildman–Crippen MR) is 80.2 cm³/mol. The van der Waals surface area contributed by atoms with E-state index in [4.69, 9.17) is 4.74 Å². The molecule has 1 atom stereocenters. The molecule has 0 N–H and O–H groups in total. The second kappa shape index (κ2) is 6.13. The van der Waals surface area contributed by atoms with Crippen molar-refractivity contribution >= 4 is 27.3 Å². The van der Waals surface area contributed by atoms with Crippen LogP contribution in [-0.2, 0) is 11.3 Å². The summed E-state index contributed by atoms with van der Waals surface area (Å²) in [6.07, 6.45) is 2.10. The highest BCUT2D eigenvalue weighted by Gasteiger charge is 2.23. The third kappa shape index (κ3) is 3.23. The number of halogens is 1. The SMILES string of the molecule is Brc1ccccc1[C@H]1CN(Cc2cncs2)CCO1. The highest BCUT2D eigenvalue weighted by molar-refractivity contribution is 9.10. The zero-order valence-corrected chi connectivity index (χ0v) is 12.9. The summed E-state index contributed by atoms with van der Waals surface area (Å²) in [5.41, 5.74) is 3.12. The Bertz CT molecular complexity index is 532. The van der Waals surface area contributed by atoms with Gasteiger partial charge in [-0.25, -0.2) is 0 Å². The van der Waals surface area contributed by atoms with E-state index >= 15 is 0 Å². The van der Waals surface area contributed by atoms with Crippen molar-refractivity contribution < 1.29 is 4.74 Å². The van der Waals surface area contributed by atoms with E-state index in [2.05, 4.69) is 44.0 Å². The Labute approximate surface area is 125 Å². The minimum Gasteiger partial charge on any atom is -0.371 e. The summed E-state index contributed by atoms with van der Waals surface area (Å²) in [5.74, 6) is 0. The first-order valence-corrected chi connectivity index (χ1v) is 7.96. The van der Waals surface area contributed by atoms with E-state index in [9.17, 15) is 0 Å². The minimum absolute atomic E-state index is 0.150. The smallest absolute Gasteiger partial charge is 0.0963 e. The molecule has 0 aliphatic carbocycles. The Morgan fingerprint density at radius 3 is 3.11 bits per heavy atom. The summed E-state index contributed by atoms with van der Waals surface area (Å²) >= 11 is 5.32. The first kappa shape index (κ1) is 13.2. The van der Waals surface area contributed by atoms with Crippen molar-refractivity contribution in [2.75, 3.05) is 19.7 Å². The second-order valence-corrected chi connectivity index (χ2v) is 6.41. The number of aromatic nitrogens is 1. The van der Waals surface area contributed by atoms with Gasteiger partial charge in [-0.05, 0) is 11.6 Å². The Morgan fingerprint density at radius 1 is 1.42 bits per heavy atom. The molecule has 19 heavy (non-hydrogen) atoms. The van der Waals surface area contributed by atoms with Gasteiger partial charge in [0, 0.05) is 35.2 Å². The van der Waals surface area contributed by atoms with Gasteiger partial charge in [0.2, 0.25) is 0 Å². The highest BCUT2D eigenvalue weighted by Crippen LogP contribution is 2.29. The number of benzene rings is 1. The molecule has 1 aliphatic rings. The molecule has 0 saturated carbocycles. The van der Waals surface area contributed by atoms with Crippen molar-refractivity contribution in [1.29, 1.82) is 0 Å². The van der Waals surface area contributed by atoms with E-state index in [0.717, 1.165) is 30.7 Å². The monoisotopic (exact) mass is 338 g/mol. The lowest BCUT2D eigenvalue weighted by Crippen LogP contribution is -2.37. The molecule has 0 radical (unpaired) electrons. The summed E-state index contributed by atoms with van der Waals surface area (Å²) in [5, 5.41) is 0. The lowest BCUT2D eigenvalue weighted by atomic mass is 10.1. The fourth-order valence-corrected chi connectivity index (χ4v) is 3.49. The van der Waals surface area contributed by atoms with Crippen molar-refractivity contribution in [1.82, 2.24) is 9.88 Å². The number of nitrogens with zero attached hydrogens (tertiary/aromatic N) is 2. The molecule has 5 heteroatoms. The van der Waals surface area contributed by atoms with Crippen molar-refractivity contribution in [2.24, 2.45) is 0 Å². The molecule has 0 unspecified atom stereocenters. The molecule has 100 valence electrons. The van der Waals surface area contributed by atoms with E-state index in [1.54, 1.807) is 11.3 Å². The standard InChI is InChI=1S/C14H15BrN2OS/c15-13-4-2-1-3-12(13)14-9-17(5-6-18-14)8-11-7-16-10-19-11/h1-4,7,10,14H,5-6,8-9H2/t14-/m1/s1. The topological polar surface area (TPSA) is 25.4 Å². The lowest BCUT2D eigenvalue weighted by Gasteiger charge is -2.33. The van der Waals surface area contributed by atoms with Gasteiger partial charge in [0.05, 0.1) is 18.2 Å². The number of hydrogen-bond acceptors (Lipinski definition) is 4. The minimum atomic E-state index is 0.150. The van der Waals surface area contributed by atoms with Crippen LogP contribution >= 0.6 is 27.3 Å². The van der Waals surface area contributed by atoms with Crippen molar-refractivity contribution in [3.8, 4) is 0 Å². The van der Waals surface area contributed by atoms with Crippen LogP contribution in [0.2, 0.25) is 0 Å². The molecule has 3 rings (SSSR count). The molecule has 1 aliphatic heterocycles. The molecular formula is C14H15BrN2OS. The van der Waals surface area contributed by atoms with Gasteiger partial charge in [0.1, 0.15) is 0 Å². The Hall–Kier alpha value is -0.750. The Morgan fingerprint density at radius 2 is 2.32 bits per heavy atom. The van der Waals surface area contributed by atoms with Gasteiger partial charge in [-0.1, -0.05) is 34.1 Å². The largest absolute Gasteiger partial charge is 0.371 e. The fraction of sp³-hybridized carbons (Fsp3) is 0.357. The molecule has 1 aromatic carbocycles. The summed E-state index contributed by atoms with van der Waals surface area (Å²) in [6, 6.07) is 8.29. The lowest BCUT2D eigenvalue weighted by molar-refractivity contribution is -0.0329. The van der Waals surface area contributed by atoms with Crippen molar-refractivity contribution in [3.63, 3.8) is 0 Å². The van der Waals surface area contributed by atoms with Crippen LogP contribution in [0.5, 0.6) is 0 Å². The van der Waals surface area contributed by atoms with Crippen LogP contribution in [0.25, 0.3) is 0 Å². The van der Waals surface area contributed by atoms with Crippen LogP contribution in [0.1, 0.15) is 16.5 Å². The van der Waals surface area contributed by atoms with Crippen LogP contribution < -0.4 is 0 Å². The third-order valence-electron chi connectivity index (χ3n) is 3.27. The van der Waals surface area contributed by atoms with Gasteiger partial charge >= 0.3 is 0 Å². The van der Waals surface area contributed by atoms with E-state index in [1.807, 2.05) is 17.8 Å². The highest BCUT2D eigenvalue weighted by atomic mass is 79.9. The molecular weight excluding hydrogens is 324 g/mol. The molecule has 1 saturated heterocycles. The zero-order chi connectivity index (χ0) is 13.1. The molecule has 3 nitrogen and oxygen atoms in total. The average molecular weight is 339 g/mol. The number of morpholine rings is 1.